The van der Waals surface area contributed by atoms with Gasteiger partial charge in [-0.2, -0.15) is 0 Å². The van der Waals surface area contributed by atoms with E-state index in [1.54, 1.807) is 7.11 Å². The van der Waals surface area contributed by atoms with Crippen LogP contribution in [-0.4, -0.2) is 13.7 Å². The average Bonchev–Trinajstić information content (AvgIpc) is 2.65. The van der Waals surface area contributed by atoms with Crippen LogP contribution >= 0.6 is 0 Å². The highest BCUT2D eigenvalue weighted by atomic mass is 16.5. The summed E-state index contributed by atoms with van der Waals surface area (Å²) in [5.74, 6) is 1.70. The molecule has 122 valence electrons. The van der Waals surface area contributed by atoms with Gasteiger partial charge in [0.25, 0.3) is 0 Å². The van der Waals surface area contributed by atoms with Crippen molar-refractivity contribution in [3.63, 3.8) is 0 Å². The summed E-state index contributed by atoms with van der Waals surface area (Å²) in [7, 11) is 1.66. The lowest BCUT2D eigenvalue weighted by molar-refractivity contribution is -0.697. The van der Waals surface area contributed by atoms with E-state index in [9.17, 15) is 0 Å². The fourth-order valence-corrected chi connectivity index (χ4v) is 2.53. The molecule has 24 heavy (non-hydrogen) atoms. The molecule has 1 aromatic heterocycles. The van der Waals surface area contributed by atoms with Crippen molar-refractivity contribution in [1.29, 1.82) is 0 Å². The topological polar surface area (TPSA) is 22.3 Å². The molecular weight excluding hydrogens is 298 g/mol. The smallest absolute Gasteiger partial charge is 0.182 e. The maximum atomic E-state index is 5.76. The summed E-state index contributed by atoms with van der Waals surface area (Å²) in [6.07, 6.45) is 5.18. The Hall–Kier alpha value is -2.81. The van der Waals surface area contributed by atoms with Gasteiger partial charge in [0.2, 0.25) is 0 Å². The summed E-state index contributed by atoms with van der Waals surface area (Å²) in [5, 5.41) is 0. The zero-order chi connectivity index (χ0) is 16.6. The number of ether oxygens (including phenoxy) is 2. The number of nitrogens with zero attached hydrogens (tertiary/aromatic N) is 1. The van der Waals surface area contributed by atoms with Gasteiger partial charge in [-0.3, -0.25) is 0 Å². The number of aromatic nitrogens is 1. The Kier molecular flexibility index (Phi) is 5.46. The van der Waals surface area contributed by atoms with E-state index < -0.39 is 0 Å². The van der Waals surface area contributed by atoms with Crippen molar-refractivity contribution in [1.82, 2.24) is 0 Å². The summed E-state index contributed by atoms with van der Waals surface area (Å²) in [5.41, 5.74) is 2.65. The normalized spacial score (nSPS) is 10.4. The number of benzene rings is 2. The second-order valence-electron chi connectivity index (χ2n) is 5.63. The average molecular weight is 320 g/mol. The minimum absolute atomic E-state index is 0.634. The maximum Gasteiger partial charge on any atom is 0.182 e. The summed E-state index contributed by atoms with van der Waals surface area (Å²) < 4.78 is 13.0. The van der Waals surface area contributed by atoms with Gasteiger partial charge in [0.05, 0.1) is 7.11 Å². The quantitative estimate of drug-likeness (QED) is 0.620. The summed E-state index contributed by atoms with van der Waals surface area (Å²) in [6, 6.07) is 22.5. The van der Waals surface area contributed by atoms with Gasteiger partial charge in [-0.15, -0.1) is 0 Å². The highest BCUT2D eigenvalue weighted by Gasteiger charge is 2.03. The van der Waals surface area contributed by atoms with Crippen LogP contribution in [0.2, 0.25) is 0 Å². The summed E-state index contributed by atoms with van der Waals surface area (Å²) in [4.78, 5) is 0. The Balaban J connectivity index is 1.49. The second kappa shape index (κ2) is 8.16. The summed E-state index contributed by atoms with van der Waals surface area (Å²) >= 11 is 0. The first-order valence-corrected chi connectivity index (χ1v) is 8.12. The SMILES string of the molecule is COc1ccc(OCC[n+]2ccc(Cc3ccccc3)cc2)cc1. The Morgan fingerprint density at radius 2 is 1.38 bits per heavy atom. The molecule has 0 bridgehead atoms. The lowest BCUT2D eigenvalue weighted by atomic mass is 10.1. The molecule has 3 nitrogen and oxygen atoms in total. The van der Waals surface area contributed by atoms with Crippen LogP contribution in [0.1, 0.15) is 11.1 Å². The minimum Gasteiger partial charge on any atom is -0.497 e. The number of methoxy groups -OCH3 is 1. The van der Waals surface area contributed by atoms with Crippen molar-refractivity contribution in [3.05, 3.63) is 90.3 Å². The predicted molar refractivity (Wildman–Crippen MR) is 94.4 cm³/mol. The van der Waals surface area contributed by atoms with Crippen molar-refractivity contribution >= 4 is 0 Å². The van der Waals surface area contributed by atoms with Gasteiger partial charge in [-0.1, -0.05) is 30.3 Å². The first kappa shape index (κ1) is 16.1. The lowest BCUT2D eigenvalue weighted by Crippen LogP contribution is -2.35. The van der Waals surface area contributed by atoms with Crippen LogP contribution in [0.25, 0.3) is 0 Å². The van der Waals surface area contributed by atoms with Gasteiger partial charge in [0, 0.05) is 12.1 Å². The van der Waals surface area contributed by atoms with Gasteiger partial charge in [-0.25, -0.2) is 4.57 Å². The maximum absolute atomic E-state index is 5.76. The van der Waals surface area contributed by atoms with Crippen LogP contribution in [0, 0.1) is 0 Å². The van der Waals surface area contributed by atoms with E-state index >= 15 is 0 Å². The minimum atomic E-state index is 0.634. The number of hydrogen-bond donors (Lipinski definition) is 0. The van der Waals surface area contributed by atoms with Crippen LogP contribution in [0.3, 0.4) is 0 Å². The van der Waals surface area contributed by atoms with Gasteiger partial charge in [0.1, 0.15) is 18.1 Å². The second-order valence-corrected chi connectivity index (χ2v) is 5.63. The molecule has 1 heterocycles. The fraction of sp³-hybridized carbons (Fsp3) is 0.190. The van der Waals surface area contributed by atoms with Gasteiger partial charge in [-0.05, 0) is 41.8 Å². The van der Waals surface area contributed by atoms with Crippen molar-refractivity contribution in [2.45, 2.75) is 13.0 Å². The molecule has 0 aliphatic heterocycles. The van der Waals surface area contributed by atoms with Crippen LogP contribution in [0.5, 0.6) is 11.5 Å². The first-order chi connectivity index (χ1) is 11.8. The lowest BCUT2D eigenvalue weighted by Gasteiger charge is -2.05. The zero-order valence-corrected chi connectivity index (χ0v) is 13.9. The molecule has 0 aliphatic rings. The Morgan fingerprint density at radius 1 is 0.750 bits per heavy atom. The molecule has 0 saturated carbocycles. The third-order valence-corrected chi connectivity index (χ3v) is 3.89. The molecule has 0 atom stereocenters. The molecule has 0 spiro atoms. The molecule has 0 saturated heterocycles. The Labute approximate surface area is 143 Å². The fourth-order valence-electron chi connectivity index (χ4n) is 2.53. The highest BCUT2D eigenvalue weighted by molar-refractivity contribution is 5.31. The van der Waals surface area contributed by atoms with Gasteiger partial charge >= 0.3 is 0 Å². The molecule has 0 fully saturated rings. The Bertz CT molecular complexity index is 737. The van der Waals surface area contributed by atoms with E-state index in [2.05, 4.69) is 53.4 Å². The molecule has 0 N–H and O–H groups in total. The number of rotatable bonds is 7. The monoisotopic (exact) mass is 320 g/mol. The molecule has 3 aromatic rings. The van der Waals surface area contributed by atoms with E-state index in [1.165, 1.54) is 11.1 Å². The third-order valence-electron chi connectivity index (χ3n) is 3.89. The molecule has 3 rings (SSSR count). The van der Waals surface area contributed by atoms with Crippen LogP contribution in [0.4, 0.5) is 0 Å². The van der Waals surface area contributed by atoms with E-state index in [0.29, 0.717) is 6.61 Å². The first-order valence-electron chi connectivity index (χ1n) is 8.12. The van der Waals surface area contributed by atoms with Gasteiger partial charge in [0.15, 0.2) is 18.9 Å². The van der Waals surface area contributed by atoms with Gasteiger partial charge < -0.3 is 9.47 Å². The number of hydrogen-bond acceptors (Lipinski definition) is 2. The van der Waals surface area contributed by atoms with Crippen molar-refractivity contribution in [2.24, 2.45) is 0 Å². The van der Waals surface area contributed by atoms with E-state index in [4.69, 9.17) is 9.47 Å². The van der Waals surface area contributed by atoms with E-state index in [0.717, 1.165) is 24.5 Å². The van der Waals surface area contributed by atoms with Crippen molar-refractivity contribution < 1.29 is 14.0 Å². The van der Waals surface area contributed by atoms with E-state index in [1.807, 2.05) is 30.3 Å². The molecule has 0 aliphatic carbocycles. The molecule has 3 heteroatoms. The predicted octanol–water partition coefficient (Wildman–Crippen LogP) is 3.65. The highest BCUT2D eigenvalue weighted by Crippen LogP contribution is 2.16. The standard InChI is InChI=1S/C21H22NO2/c1-23-20-7-9-21(10-8-20)24-16-15-22-13-11-19(12-14-22)17-18-5-3-2-4-6-18/h2-14H,15-17H2,1H3/q+1. The van der Waals surface area contributed by atoms with Crippen LogP contribution in [0.15, 0.2) is 79.1 Å². The molecule has 0 amide bonds. The molecule has 0 radical (unpaired) electrons. The third kappa shape index (κ3) is 4.59. The Morgan fingerprint density at radius 3 is 2.04 bits per heavy atom. The molecule has 0 unspecified atom stereocenters. The van der Waals surface area contributed by atoms with Crippen molar-refractivity contribution in [3.8, 4) is 11.5 Å². The van der Waals surface area contributed by atoms with Crippen molar-refractivity contribution in [2.75, 3.05) is 13.7 Å². The molecule has 2 aromatic carbocycles. The molecular formula is C21H22NO2+. The van der Waals surface area contributed by atoms with Crippen LogP contribution < -0.4 is 14.0 Å². The van der Waals surface area contributed by atoms with E-state index in [-0.39, 0.29) is 0 Å². The largest absolute Gasteiger partial charge is 0.497 e. The number of pyridine rings is 1. The van der Waals surface area contributed by atoms with Crippen LogP contribution in [-0.2, 0) is 13.0 Å². The summed E-state index contributed by atoms with van der Waals surface area (Å²) in [6.45, 7) is 1.45. The zero-order valence-electron chi connectivity index (χ0n) is 13.9.